The lowest BCUT2D eigenvalue weighted by Crippen LogP contribution is -2.20. The third-order valence-corrected chi connectivity index (χ3v) is 3.85. The van der Waals surface area contributed by atoms with Crippen LogP contribution in [0.2, 0.25) is 0 Å². The molecule has 2 aromatic carbocycles. The quantitative estimate of drug-likeness (QED) is 0.283. The molecule has 0 amide bonds. The zero-order chi connectivity index (χ0) is 22.1. The second-order valence-corrected chi connectivity index (χ2v) is 6.12. The molecule has 30 heavy (non-hydrogen) atoms. The van der Waals surface area contributed by atoms with E-state index in [2.05, 4.69) is 0 Å². The molecule has 0 aliphatic carbocycles. The number of benzene rings is 2. The zero-order valence-electron chi connectivity index (χ0n) is 16.7. The van der Waals surface area contributed by atoms with Gasteiger partial charge in [0.05, 0.1) is 19.3 Å². The normalized spacial score (nSPS) is 11.9. The van der Waals surface area contributed by atoms with E-state index in [0.717, 1.165) is 6.07 Å². The molecular weight excluding hydrogens is 393 g/mol. The van der Waals surface area contributed by atoms with E-state index in [1.807, 2.05) is 0 Å². The molecule has 0 aromatic heterocycles. The predicted octanol–water partition coefficient (Wildman–Crippen LogP) is 3.54. The molecule has 0 unspecified atom stereocenters. The van der Waals surface area contributed by atoms with E-state index in [1.54, 1.807) is 13.0 Å². The van der Waals surface area contributed by atoms with Crippen molar-refractivity contribution in [3.63, 3.8) is 0 Å². The van der Waals surface area contributed by atoms with Gasteiger partial charge in [0, 0.05) is 7.11 Å². The molecule has 0 aliphatic heterocycles. The van der Waals surface area contributed by atoms with Crippen molar-refractivity contribution < 1.29 is 32.9 Å². The Morgan fingerprint density at radius 1 is 1.17 bits per heavy atom. The first-order valence-electron chi connectivity index (χ1n) is 8.86. The molecule has 0 saturated carbocycles. The Kier molecular flexibility index (Phi) is 8.08. The minimum absolute atomic E-state index is 0.0534. The Morgan fingerprint density at radius 2 is 1.90 bits per heavy atom. The standard InChI is InChI=1S/C22H20FNO6/c1-14(13-27-2)29-21(25)16(12-24)10-15-8-9-19(20(11-15)28-3)30-22(26)17-6-4-5-7-18(17)23/h4-11,14H,13H2,1-3H3/b16-10+/t14-/m1/s1. The van der Waals surface area contributed by atoms with E-state index in [4.69, 9.17) is 18.9 Å². The monoisotopic (exact) mass is 413 g/mol. The van der Waals surface area contributed by atoms with Crippen LogP contribution < -0.4 is 9.47 Å². The van der Waals surface area contributed by atoms with Crippen LogP contribution in [0.1, 0.15) is 22.8 Å². The number of methoxy groups -OCH3 is 2. The number of esters is 2. The summed E-state index contributed by atoms with van der Waals surface area (Å²) in [6.07, 6.45) is 0.793. The third-order valence-electron chi connectivity index (χ3n) is 3.85. The number of hydrogen-bond acceptors (Lipinski definition) is 7. The highest BCUT2D eigenvalue weighted by Crippen LogP contribution is 2.30. The highest BCUT2D eigenvalue weighted by Gasteiger charge is 2.18. The maximum atomic E-state index is 13.8. The van der Waals surface area contributed by atoms with Crippen molar-refractivity contribution in [2.45, 2.75) is 13.0 Å². The van der Waals surface area contributed by atoms with Crippen LogP contribution in [-0.4, -0.2) is 38.9 Å². The average molecular weight is 413 g/mol. The van der Waals surface area contributed by atoms with Crippen molar-refractivity contribution in [1.82, 2.24) is 0 Å². The van der Waals surface area contributed by atoms with Gasteiger partial charge in [-0.2, -0.15) is 5.26 Å². The molecule has 7 nitrogen and oxygen atoms in total. The van der Waals surface area contributed by atoms with Crippen molar-refractivity contribution >= 4 is 18.0 Å². The molecule has 0 bridgehead atoms. The van der Waals surface area contributed by atoms with Gasteiger partial charge in [-0.25, -0.2) is 14.0 Å². The Bertz CT molecular complexity index is 995. The largest absolute Gasteiger partial charge is 0.493 e. The maximum Gasteiger partial charge on any atom is 0.349 e. The summed E-state index contributed by atoms with van der Waals surface area (Å²) < 4.78 is 34.2. The van der Waals surface area contributed by atoms with Gasteiger partial charge in [-0.15, -0.1) is 0 Å². The summed E-state index contributed by atoms with van der Waals surface area (Å²) >= 11 is 0. The molecule has 0 spiro atoms. The highest BCUT2D eigenvalue weighted by atomic mass is 19.1. The number of ether oxygens (including phenoxy) is 4. The van der Waals surface area contributed by atoms with Crippen LogP contribution in [0.3, 0.4) is 0 Å². The number of nitriles is 1. The summed E-state index contributed by atoms with van der Waals surface area (Å²) in [5.41, 5.74) is -0.00948. The van der Waals surface area contributed by atoms with Crippen LogP contribution in [0.15, 0.2) is 48.0 Å². The lowest BCUT2D eigenvalue weighted by molar-refractivity contribution is -0.145. The van der Waals surface area contributed by atoms with Gasteiger partial charge in [-0.1, -0.05) is 18.2 Å². The number of rotatable bonds is 8. The Hall–Kier alpha value is -3.70. The minimum Gasteiger partial charge on any atom is -0.493 e. The van der Waals surface area contributed by atoms with Gasteiger partial charge < -0.3 is 18.9 Å². The van der Waals surface area contributed by atoms with E-state index in [-0.39, 0.29) is 29.2 Å². The van der Waals surface area contributed by atoms with E-state index in [9.17, 15) is 19.2 Å². The first kappa shape index (κ1) is 22.6. The molecule has 2 rings (SSSR count). The molecule has 0 fully saturated rings. The fourth-order valence-electron chi connectivity index (χ4n) is 2.46. The smallest absolute Gasteiger partial charge is 0.349 e. The number of carbonyl (C=O) groups is 2. The first-order valence-corrected chi connectivity index (χ1v) is 8.86. The van der Waals surface area contributed by atoms with Crippen LogP contribution in [0.5, 0.6) is 11.5 Å². The zero-order valence-corrected chi connectivity index (χ0v) is 16.7. The molecule has 0 aliphatic rings. The average Bonchev–Trinajstić information content (AvgIpc) is 2.73. The molecule has 0 N–H and O–H groups in total. The predicted molar refractivity (Wildman–Crippen MR) is 105 cm³/mol. The summed E-state index contributed by atoms with van der Waals surface area (Å²) in [7, 11) is 2.83. The van der Waals surface area contributed by atoms with Gasteiger partial charge in [0.1, 0.15) is 23.6 Å². The molecule has 0 saturated heterocycles. The van der Waals surface area contributed by atoms with Gasteiger partial charge in [-0.05, 0) is 42.8 Å². The minimum atomic E-state index is -0.886. The van der Waals surface area contributed by atoms with Crippen molar-refractivity contribution in [1.29, 1.82) is 5.26 Å². The van der Waals surface area contributed by atoms with E-state index in [1.165, 1.54) is 56.7 Å². The molecule has 0 heterocycles. The number of hydrogen-bond donors (Lipinski definition) is 0. The topological polar surface area (TPSA) is 94.9 Å². The van der Waals surface area contributed by atoms with Crippen molar-refractivity contribution in [2.24, 2.45) is 0 Å². The second kappa shape index (κ2) is 10.7. The van der Waals surface area contributed by atoms with Crippen molar-refractivity contribution in [3.05, 3.63) is 65.0 Å². The lowest BCUT2D eigenvalue weighted by Gasteiger charge is -2.12. The van der Waals surface area contributed by atoms with E-state index < -0.39 is 23.9 Å². The fourth-order valence-corrected chi connectivity index (χ4v) is 2.46. The highest BCUT2D eigenvalue weighted by molar-refractivity contribution is 5.98. The van der Waals surface area contributed by atoms with Crippen LogP contribution in [0.25, 0.3) is 6.08 Å². The Balaban J connectivity index is 2.23. The molecule has 0 radical (unpaired) electrons. The van der Waals surface area contributed by atoms with E-state index >= 15 is 0 Å². The lowest BCUT2D eigenvalue weighted by atomic mass is 10.1. The fraction of sp³-hybridized carbons (Fsp3) is 0.227. The van der Waals surface area contributed by atoms with Gasteiger partial charge >= 0.3 is 11.9 Å². The van der Waals surface area contributed by atoms with E-state index in [0.29, 0.717) is 5.56 Å². The molecule has 156 valence electrons. The first-order chi connectivity index (χ1) is 14.4. The summed E-state index contributed by atoms with van der Waals surface area (Å²) in [6, 6.07) is 11.6. The van der Waals surface area contributed by atoms with Gasteiger partial charge in [0.25, 0.3) is 0 Å². The molecule has 2 aromatic rings. The van der Waals surface area contributed by atoms with Crippen LogP contribution in [0.4, 0.5) is 4.39 Å². The van der Waals surface area contributed by atoms with Gasteiger partial charge in [-0.3, -0.25) is 0 Å². The van der Waals surface area contributed by atoms with Crippen molar-refractivity contribution in [2.75, 3.05) is 20.8 Å². The van der Waals surface area contributed by atoms with Gasteiger partial charge in [0.15, 0.2) is 11.5 Å². The van der Waals surface area contributed by atoms with Crippen LogP contribution >= 0.6 is 0 Å². The van der Waals surface area contributed by atoms with Crippen molar-refractivity contribution in [3.8, 4) is 17.6 Å². The summed E-state index contributed by atoms with van der Waals surface area (Å²) in [6.45, 7) is 1.83. The Labute approximate surface area is 173 Å². The molecule has 1 atom stereocenters. The SMILES string of the molecule is COC[C@@H](C)OC(=O)/C(C#N)=C/c1ccc(OC(=O)c2ccccc2F)c(OC)c1. The molecular formula is C22H20FNO6. The number of halogens is 1. The van der Waals surface area contributed by atoms with Gasteiger partial charge in [0.2, 0.25) is 0 Å². The summed E-state index contributed by atoms with van der Waals surface area (Å²) in [4.78, 5) is 24.3. The summed E-state index contributed by atoms with van der Waals surface area (Å²) in [5, 5.41) is 9.27. The molecule has 8 heteroatoms. The second-order valence-electron chi connectivity index (χ2n) is 6.12. The third kappa shape index (κ3) is 5.90. The number of carbonyl (C=O) groups excluding carboxylic acids is 2. The Morgan fingerprint density at radius 3 is 2.53 bits per heavy atom. The van der Waals surface area contributed by atoms with Crippen LogP contribution in [-0.2, 0) is 14.3 Å². The maximum absolute atomic E-state index is 13.8. The van der Waals surface area contributed by atoms with Crippen LogP contribution in [0, 0.1) is 17.1 Å². The summed E-state index contributed by atoms with van der Waals surface area (Å²) in [5.74, 6) is -2.18. The number of nitrogens with zero attached hydrogens (tertiary/aromatic N) is 1.